The predicted octanol–water partition coefficient (Wildman–Crippen LogP) is 2.42. The molecule has 1 aromatic carbocycles. The van der Waals surface area contributed by atoms with Crippen molar-refractivity contribution >= 4 is 17.3 Å². The fraction of sp³-hybridized carbons (Fsp3) is 0.538. The van der Waals surface area contributed by atoms with Crippen LogP contribution in [0, 0.1) is 16.0 Å². The first-order chi connectivity index (χ1) is 9.02. The van der Waals surface area contributed by atoms with Crippen LogP contribution in [0.3, 0.4) is 0 Å². The van der Waals surface area contributed by atoms with Gasteiger partial charge in [0, 0.05) is 31.3 Å². The number of hydrogen-bond acceptors (Lipinski definition) is 4. The van der Waals surface area contributed by atoms with Crippen molar-refractivity contribution < 1.29 is 4.92 Å². The molecule has 0 heterocycles. The van der Waals surface area contributed by atoms with Crippen LogP contribution >= 0.6 is 11.6 Å². The zero-order valence-electron chi connectivity index (χ0n) is 10.9. The molecule has 1 fully saturated rings. The molecule has 19 heavy (non-hydrogen) atoms. The number of nitro benzene ring substituents is 1. The van der Waals surface area contributed by atoms with Crippen molar-refractivity contribution in [2.45, 2.75) is 25.4 Å². The summed E-state index contributed by atoms with van der Waals surface area (Å²) in [5.41, 5.74) is 6.73. The molecule has 0 amide bonds. The van der Waals surface area contributed by atoms with E-state index in [4.69, 9.17) is 17.3 Å². The van der Waals surface area contributed by atoms with Crippen LogP contribution in [0.25, 0.3) is 0 Å². The standard InChI is InChI=1S/C13H18ClN3O2/c1-16(13(7-15)9-2-3-9)8-10-4-5-11(17(18)19)6-12(10)14/h4-6,9,13H,2-3,7-8,15H2,1H3. The number of halogens is 1. The van der Waals surface area contributed by atoms with E-state index in [0.29, 0.717) is 30.1 Å². The Bertz CT molecular complexity index is 477. The number of benzene rings is 1. The van der Waals surface area contributed by atoms with Crippen LogP contribution in [-0.2, 0) is 6.54 Å². The minimum absolute atomic E-state index is 0.0222. The van der Waals surface area contributed by atoms with Gasteiger partial charge >= 0.3 is 0 Å². The summed E-state index contributed by atoms with van der Waals surface area (Å²) in [5, 5.41) is 11.1. The highest BCUT2D eigenvalue weighted by molar-refractivity contribution is 6.31. The average molecular weight is 284 g/mol. The smallest absolute Gasteiger partial charge is 0.270 e. The minimum Gasteiger partial charge on any atom is -0.329 e. The lowest BCUT2D eigenvalue weighted by molar-refractivity contribution is -0.384. The first-order valence-corrected chi connectivity index (χ1v) is 6.74. The molecule has 0 aliphatic heterocycles. The Labute approximate surface area is 117 Å². The number of hydrogen-bond donors (Lipinski definition) is 1. The molecule has 1 saturated carbocycles. The molecule has 1 atom stereocenters. The Morgan fingerprint density at radius 2 is 2.26 bits per heavy atom. The zero-order chi connectivity index (χ0) is 14.0. The van der Waals surface area contributed by atoms with Gasteiger partial charge in [0.1, 0.15) is 0 Å². The normalized spacial score (nSPS) is 16.6. The van der Waals surface area contributed by atoms with E-state index >= 15 is 0 Å². The van der Waals surface area contributed by atoms with Crippen LogP contribution in [0.2, 0.25) is 5.02 Å². The molecule has 2 rings (SSSR count). The van der Waals surface area contributed by atoms with Gasteiger partial charge in [0.15, 0.2) is 0 Å². The summed E-state index contributed by atoms with van der Waals surface area (Å²) in [6, 6.07) is 4.98. The third-order valence-corrected chi connectivity index (χ3v) is 3.99. The number of likely N-dealkylation sites (N-methyl/N-ethyl adjacent to an activating group) is 1. The number of non-ortho nitro benzene ring substituents is 1. The second kappa shape index (κ2) is 5.86. The summed E-state index contributed by atoms with van der Waals surface area (Å²) in [7, 11) is 2.02. The molecule has 1 aliphatic carbocycles. The average Bonchev–Trinajstić information content (AvgIpc) is 3.17. The van der Waals surface area contributed by atoms with Gasteiger partial charge in [-0.15, -0.1) is 0 Å². The van der Waals surface area contributed by atoms with Crippen LogP contribution in [-0.4, -0.2) is 29.5 Å². The highest BCUT2D eigenvalue weighted by atomic mass is 35.5. The van der Waals surface area contributed by atoms with E-state index in [1.165, 1.54) is 25.0 Å². The summed E-state index contributed by atoms with van der Waals surface area (Å²) in [5.74, 6) is 0.687. The quantitative estimate of drug-likeness (QED) is 0.643. The van der Waals surface area contributed by atoms with E-state index in [0.717, 1.165) is 5.56 Å². The van der Waals surface area contributed by atoms with Crippen molar-refractivity contribution in [3.8, 4) is 0 Å². The molecule has 0 saturated heterocycles. The summed E-state index contributed by atoms with van der Waals surface area (Å²) in [6.45, 7) is 1.29. The largest absolute Gasteiger partial charge is 0.329 e. The lowest BCUT2D eigenvalue weighted by Crippen LogP contribution is -2.39. The van der Waals surface area contributed by atoms with E-state index in [1.54, 1.807) is 6.07 Å². The topological polar surface area (TPSA) is 72.4 Å². The molecule has 1 unspecified atom stereocenters. The van der Waals surface area contributed by atoms with Gasteiger partial charge in [-0.1, -0.05) is 11.6 Å². The van der Waals surface area contributed by atoms with Crippen LogP contribution < -0.4 is 5.73 Å². The van der Waals surface area contributed by atoms with Crippen LogP contribution in [0.1, 0.15) is 18.4 Å². The van der Waals surface area contributed by atoms with Gasteiger partial charge < -0.3 is 5.73 Å². The highest BCUT2D eigenvalue weighted by Crippen LogP contribution is 2.35. The Balaban J connectivity index is 2.07. The fourth-order valence-corrected chi connectivity index (χ4v) is 2.61. The van der Waals surface area contributed by atoms with Crippen molar-refractivity contribution in [3.63, 3.8) is 0 Å². The number of rotatable bonds is 6. The molecule has 6 heteroatoms. The van der Waals surface area contributed by atoms with Crippen LogP contribution in [0.4, 0.5) is 5.69 Å². The molecule has 104 valence electrons. The first-order valence-electron chi connectivity index (χ1n) is 6.36. The number of nitro groups is 1. The maximum Gasteiger partial charge on any atom is 0.270 e. The van der Waals surface area contributed by atoms with Crippen LogP contribution in [0.5, 0.6) is 0 Å². The van der Waals surface area contributed by atoms with E-state index in [2.05, 4.69) is 4.90 Å². The van der Waals surface area contributed by atoms with Crippen molar-refractivity contribution in [2.24, 2.45) is 11.7 Å². The first kappa shape index (κ1) is 14.2. The number of nitrogens with zero attached hydrogens (tertiary/aromatic N) is 2. The Morgan fingerprint density at radius 1 is 1.58 bits per heavy atom. The van der Waals surface area contributed by atoms with Gasteiger partial charge in [0.05, 0.1) is 9.95 Å². The second-order valence-corrected chi connectivity index (χ2v) is 5.50. The molecule has 2 N–H and O–H groups in total. The minimum atomic E-state index is -0.438. The van der Waals surface area contributed by atoms with E-state index in [1.807, 2.05) is 7.05 Å². The molecule has 1 aliphatic rings. The van der Waals surface area contributed by atoms with Crippen molar-refractivity contribution in [2.75, 3.05) is 13.6 Å². The molecule has 0 spiro atoms. The summed E-state index contributed by atoms with van der Waals surface area (Å²) in [6.07, 6.45) is 2.47. The third kappa shape index (κ3) is 3.43. The number of nitrogens with two attached hydrogens (primary N) is 1. The molecule has 0 aromatic heterocycles. The second-order valence-electron chi connectivity index (χ2n) is 5.09. The third-order valence-electron chi connectivity index (χ3n) is 3.64. The van der Waals surface area contributed by atoms with Crippen molar-refractivity contribution in [3.05, 3.63) is 38.9 Å². The fourth-order valence-electron chi connectivity index (χ4n) is 2.38. The summed E-state index contributed by atoms with van der Waals surface area (Å²) in [4.78, 5) is 12.4. The molecule has 0 bridgehead atoms. The molecule has 0 radical (unpaired) electrons. The van der Waals surface area contributed by atoms with Crippen molar-refractivity contribution in [1.82, 2.24) is 4.90 Å². The van der Waals surface area contributed by atoms with Gasteiger partial charge in [-0.05, 0) is 37.4 Å². The maximum absolute atomic E-state index is 10.7. The zero-order valence-corrected chi connectivity index (χ0v) is 11.6. The Hall–Kier alpha value is -1.17. The Kier molecular flexibility index (Phi) is 4.39. The molecule has 1 aromatic rings. The van der Waals surface area contributed by atoms with E-state index < -0.39 is 4.92 Å². The van der Waals surface area contributed by atoms with Gasteiger partial charge in [-0.3, -0.25) is 15.0 Å². The lowest BCUT2D eigenvalue weighted by Gasteiger charge is -2.27. The Morgan fingerprint density at radius 3 is 2.74 bits per heavy atom. The van der Waals surface area contributed by atoms with Gasteiger partial charge in [0.2, 0.25) is 0 Å². The van der Waals surface area contributed by atoms with E-state index in [-0.39, 0.29) is 5.69 Å². The van der Waals surface area contributed by atoms with Gasteiger partial charge in [-0.25, -0.2) is 0 Å². The lowest BCUT2D eigenvalue weighted by atomic mass is 10.1. The summed E-state index contributed by atoms with van der Waals surface area (Å²) >= 11 is 6.10. The van der Waals surface area contributed by atoms with Gasteiger partial charge in [-0.2, -0.15) is 0 Å². The van der Waals surface area contributed by atoms with Crippen molar-refractivity contribution in [1.29, 1.82) is 0 Å². The SMILES string of the molecule is CN(Cc1ccc([N+](=O)[O-])cc1Cl)C(CN)C1CC1. The molecular formula is C13H18ClN3O2. The van der Waals surface area contributed by atoms with Gasteiger partial charge in [0.25, 0.3) is 5.69 Å². The molecule has 5 nitrogen and oxygen atoms in total. The predicted molar refractivity (Wildman–Crippen MR) is 75.1 cm³/mol. The van der Waals surface area contributed by atoms with Crippen LogP contribution in [0.15, 0.2) is 18.2 Å². The maximum atomic E-state index is 10.7. The highest BCUT2D eigenvalue weighted by Gasteiger charge is 2.32. The molecular weight excluding hydrogens is 266 g/mol. The monoisotopic (exact) mass is 283 g/mol. The van der Waals surface area contributed by atoms with E-state index in [9.17, 15) is 10.1 Å². The summed E-state index contributed by atoms with van der Waals surface area (Å²) < 4.78 is 0.